The Morgan fingerprint density at radius 2 is 2.05 bits per heavy atom. The number of hydrogen-bond donors (Lipinski definition) is 1. The largest absolute Gasteiger partial charge is 0.480 e. The predicted octanol–water partition coefficient (Wildman–Crippen LogP) is 3.03. The molecule has 0 spiro atoms. The SMILES string of the molecule is CCOC(=O)COc1c(Cl)cc(Cl)cc1/C=C/C(=O)O. The Hall–Kier alpha value is -1.72. The Bertz CT molecular complexity index is 540. The van der Waals surface area contributed by atoms with E-state index >= 15 is 0 Å². The second-order valence-electron chi connectivity index (χ2n) is 3.57. The van der Waals surface area contributed by atoms with Crippen LogP contribution in [0.15, 0.2) is 18.2 Å². The van der Waals surface area contributed by atoms with Crippen LogP contribution in [-0.2, 0) is 14.3 Å². The molecule has 7 heteroatoms. The normalized spacial score (nSPS) is 10.6. The number of benzene rings is 1. The van der Waals surface area contributed by atoms with Crippen molar-refractivity contribution in [1.29, 1.82) is 0 Å². The van der Waals surface area contributed by atoms with Gasteiger partial charge in [-0.15, -0.1) is 0 Å². The molecule has 0 aromatic heterocycles. The van der Waals surface area contributed by atoms with Crippen LogP contribution in [0.1, 0.15) is 12.5 Å². The predicted molar refractivity (Wildman–Crippen MR) is 75.3 cm³/mol. The molecule has 0 amide bonds. The van der Waals surface area contributed by atoms with E-state index in [-0.39, 0.29) is 24.0 Å². The van der Waals surface area contributed by atoms with Crippen molar-refractivity contribution < 1.29 is 24.2 Å². The molecule has 0 atom stereocenters. The molecule has 1 N–H and O–H groups in total. The summed E-state index contributed by atoms with van der Waals surface area (Å²) in [6.45, 7) is 1.58. The average molecular weight is 319 g/mol. The van der Waals surface area contributed by atoms with Gasteiger partial charge in [0.2, 0.25) is 0 Å². The van der Waals surface area contributed by atoms with Gasteiger partial charge in [-0.25, -0.2) is 9.59 Å². The Kier molecular flexibility index (Phi) is 6.35. The van der Waals surface area contributed by atoms with E-state index < -0.39 is 11.9 Å². The summed E-state index contributed by atoms with van der Waals surface area (Å²) in [5.41, 5.74) is 0.356. The molecule has 0 radical (unpaired) electrons. The van der Waals surface area contributed by atoms with E-state index in [1.807, 2.05) is 0 Å². The van der Waals surface area contributed by atoms with Gasteiger partial charge in [0, 0.05) is 16.7 Å². The van der Waals surface area contributed by atoms with Crippen LogP contribution in [-0.4, -0.2) is 30.3 Å². The van der Waals surface area contributed by atoms with E-state index in [9.17, 15) is 9.59 Å². The standard InChI is InChI=1S/C13H12Cl2O5/c1-2-19-12(18)7-20-13-8(3-4-11(16)17)5-9(14)6-10(13)15/h3-6H,2,7H2,1H3,(H,16,17)/b4-3+. The van der Waals surface area contributed by atoms with Gasteiger partial charge in [0.1, 0.15) is 5.75 Å². The molecule has 0 unspecified atom stereocenters. The molecule has 0 fully saturated rings. The van der Waals surface area contributed by atoms with Gasteiger partial charge in [0.15, 0.2) is 6.61 Å². The van der Waals surface area contributed by atoms with Crippen molar-refractivity contribution in [1.82, 2.24) is 0 Å². The van der Waals surface area contributed by atoms with Gasteiger partial charge in [-0.3, -0.25) is 0 Å². The van der Waals surface area contributed by atoms with E-state index in [0.29, 0.717) is 10.6 Å². The number of carbonyl (C=O) groups is 2. The van der Waals surface area contributed by atoms with Crippen LogP contribution in [0, 0.1) is 0 Å². The quantitative estimate of drug-likeness (QED) is 0.644. The van der Waals surface area contributed by atoms with Crippen molar-refractivity contribution in [3.63, 3.8) is 0 Å². The van der Waals surface area contributed by atoms with Crippen LogP contribution >= 0.6 is 23.2 Å². The van der Waals surface area contributed by atoms with Crippen molar-refractivity contribution in [2.24, 2.45) is 0 Å². The van der Waals surface area contributed by atoms with Crippen LogP contribution in [0.5, 0.6) is 5.75 Å². The lowest BCUT2D eigenvalue weighted by atomic mass is 10.2. The van der Waals surface area contributed by atoms with Gasteiger partial charge < -0.3 is 14.6 Å². The maximum atomic E-state index is 11.2. The lowest BCUT2D eigenvalue weighted by molar-refractivity contribution is -0.145. The highest BCUT2D eigenvalue weighted by Gasteiger charge is 2.12. The van der Waals surface area contributed by atoms with Crippen molar-refractivity contribution in [3.05, 3.63) is 33.8 Å². The summed E-state index contributed by atoms with van der Waals surface area (Å²) >= 11 is 11.8. The lowest BCUT2D eigenvalue weighted by Gasteiger charge is -2.11. The fourth-order valence-electron chi connectivity index (χ4n) is 1.35. The molecule has 20 heavy (non-hydrogen) atoms. The van der Waals surface area contributed by atoms with Gasteiger partial charge >= 0.3 is 11.9 Å². The zero-order valence-corrected chi connectivity index (χ0v) is 12.1. The zero-order chi connectivity index (χ0) is 15.1. The Morgan fingerprint density at radius 1 is 1.35 bits per heavy atom. The molecule has 1 aromatic carbocycles. The molecular formula is C13H12Cl2O5. The van der Waals surface area contributed by atoms with E-state index in [1.54, 1.807) is 6.92 Å². The summed E-state index contributed by atoms with van der Waals surface area (Å²) in [6.07, 6.45) is 2.19. The molecule has 0 heterocycles. The number of halogens is 2. The number of carbonyl (C=O) groups excluding carboxylic acids is 1. The maximum Gasteiger partial charge on any atom is 0.344 e. The molecule has 0 saturated heterocycles. The highest BCUT2D eigenvalue weighted by molar-refractivity contribution is 6.36. The lowest BCUT2D eigenvalue weighted by Crippen LogP contribution is -2.15. The van der Waals surface area contributed by atoms with Crippen molar-refractivity contribution in [3.8, 4) is 5.75 Å². The number of esters is 1. The third kappa shape index (κ3) is 5.11. The van der Waals surface area contributed by atoms with Crippen molar-refractivity contribution in [2.75, 3.05) is 13.2 Å². The number of carboxylic acids is 1. The van der Waals surface area contributed by atoms with E-state index in [2.05, 4.69) is 0 Å². The first-order valence-corrected chi connectivity index (χ1v) is 6.38. The molecular weight excluding hydrogens is 307 g/mol. The summed E-state index contributed by atoms with van der Waals surface area (Å²) in [5.74, 6) is -1.51. The van der Waals surface area contributed by atoms with Gasteiger partial charge in [-0.2, -0.15) is 0 Å². The minimum Gasteiger partial charge on any atom is -0.480 e. The van der Waals surface area contributed by atoms with Crippen LogP contribution < -0.4 is 4.74 Å². The number of aliphatic carboxylic acids is 1. The second-order valence-corrected chi connectivity index (χ2v) is 4.41. The summed E-state index contributed by atoms with van der Waals surface area (Å²) < 4.78 is 9.98. The average Bonchev–Trinajstić information content (AvgIpc) is 2.35. The molecule has 0 saturated carbocycles. The first kappa shape index (κ1) is 16.3. The van der Waals surface area contributed by atoms with Crippen LogP contribution in [0.3, 0.4) is 0 Å². The van der Waals surface area contributed by atoms with Crippen molar-refractivity contribution >= 4 is 41.2 Å². The highest BCUT2D eigenvalue weighted by atomic mass is 35.5. The molecule has 1 rings (SSSR count). The van der Waals surface area contributed by atoms with Crippen LogP contribution in [0.2, 0.25) is 10.0 Å². The molecule has 0 bridgehead atoms. The molecule has 5 nitrogen and oxygen atoms in total. The Morgan fingerprint density at radius 3 is 2.65 bits per heavy atom. The van der Waals surface area contributed by atoms with Gasteiger partial charge in [0.25, 0.3) is 0 Å². The molecule has 0 aliphatic carbocycles. The first-order valence-electron chi connectivity index (χ1n) is 5.62. The third-order valence-electron chi connectivity index (χ3n) is 2.08. The summed E-state index contributed by atoms with van der Waals surface area (Å²) in [6, 6.07) is 2.91. The van der Waals surface area contributed by atoms with Gasteiger partial charge in [-0.1, -0.05) is 23.2 Å². The zero-order valence-electron chi connectivity index (χ0n) is 10.6. The van der Waals surface area contributed by atoms with E-state index in [1.165, 1.54) is 18.2 Å². The highest BCUT2D eigenvalue weighted by Crippen LogP contribution is 2.33. The topological polar surface area (TPSA) is 72.8 Å². The third-order valence-corrected chi connectivity index (χ3v) is 2.58. The van der Waals surface area contributed by atoms with E-state index in [0.717, 1.165) is 6.08 Å². The van der Waals surface area contributed by atoms with Crippen molar-refractivity contribution in [2.45, 2.75) is 6.92 Å². The molecule has 108 valence electrons. The van der Waals surface area contributed by atoms with Gasteiger partial charge in [0.05, 0.1) is 11.6 Å². The number of ether oxygens (including phenoxy) is 2. The number of carboxylic acid groups (broad SMARTS) is 1. The monoisotopic (exact) mass is 318 g/mol. The number of rotatable bonds is 6. The minimum absolute atomic E-state index is 0.168. The number of hydrogen-bond acceptors (Lipinski definition) is 4. The Balaban J connectivity index is 2.98. The smallest absolute Gasteiger partial charge is 0.344 e. The summed E-state index contributed by atoms with van der Waals surface area (Å²) in [5, 5.41) is 9.12. The van der Waals surface area contributed by atoms with Crippen LogP contribution in [0.4, 0.5) is 0 Å². The fraction of sp³-hybridized carbons (Fsp3) is 0.231. The second kappa shape index (κ2) is 7.77. The van der Waals surface area contributed by atoms with Gasteiger partial charge in [-0.05, 0) is 25.1 Å². The minimum atomic E-state index is -1.13. The Labute approximate surface area is 125 Å². The molecule has 0 aliphatic rings. The summed E-state index contributed by atoms with van der Waals surface area (Å²) in [4.78, 5) is 21.8. The summed E-state index contributed by atoms with van der Waals surface area (Å²) in [7, 11) is 0. The fourth-order valence-corrected chi connectivity index (χ4v) is 1.91. The molecule has 1 aromatic rings. The molecule has 0 aliphatic heterocycles. The maximum absolute atomic E-state index is 11.2. The van der Waals surface area contributed by atoms with E-state index in [4.69, 9.17) is 37.8 Å². The first-order chi connectivity index (χ1) is 9.43. The van der Waals surface area contributed by atoms with Crippen LogP contribution in [0.25, 0.3) is 6.08 Å².